The summed E-state index contributed by atoms with van der Waals surface area (Å²) in [7, 11) is 1.90. The Morgan fingerprint density at radius 3 is 2.56 bits per heavy atom. The van der Waals surface area contributed by atoms with Crippen LogP contribution in [0.25, 0.3) is 11.3 Å². The Balaban J connectivity index is 1.76. The number of hydrogen-bond donors (Lipinski definition) is 2. The number of nitrogens with zero attached hydrogens (tertiary/aromatic N) is 4. The molecular weight excluding hydrogens is 318 g/mol. The van der Waals surface area contributed by atoms with Crippen molar-refractivity contribution in [3.63, 3.8) is 0 Å². The molecule has 7 heteroatoms. The quantitative estimate of drug-likeness (QED) is 0.888. The molecule has 0 aliphatic carbocycles. The summed E-state index contributed by atoms with van der Waals surface area (Å²) in [6.07, 6.45) is 2.63. The first-order valence-corrected chi connectivity index (χ1v) is 8.87. The third-order valence-corrected chi connectivity index (χ3v) is 5.77. The van der Waals surface area contributed by atoms with Crippen LogP contribution in [0.2, 0.25) is 0 Å². The third kappa shape index (κ3) is 3.08. The van der Waals surface area contributed by atoms with E-state index < -0.39 is 0 Å². The summed E-state index contributed by atoms with van der Waals surface area (Å²) in [4.78, 5) is 14.6. The number of likely N-dealkylation sites (tertiary alicyclic amines) is 1. The predicted molar refractivity (Wildman–Crippen MR) is 95.2 cm³/mol. The standard InChI is InChI=1S/C18H27N5O2/c1-5-18(11-24)6-8-23(9-7-18)17(25)15-10-14(19-20-15)16-12(2)21-22(4)13(16)3/h10,24H,5-9,11H2,1-4H3,(H,19,20). The highest BCUT2D eigenvalue weighted by Gasteiger charge is 2.34. The van der Waals surface area contributed by atoms with E-state index in [2.05, 4.69) is 22.2 Å². The average Bonchev–Trinajstić information content (AvgIpc) is 3.19. The third-order valence-electron chi connectivity index (χ3n) is 5.77. The van der Waals surface area contributed by atoms with Gasteiger partial charge in [0.05, 0.1) is 11.4 Å². The molecule has 1 saturated heterocycles. The minimum Gasteiger partial charge on any atom is -0.396 e. The van der Waals surface area contributed by atoms with Gasteiger partial charge in [-0.2, -0.15) is 10.2 Å². The molecule has 0 bridgehead atoms. The molecule has 7 nitrogen and oxygen atoms in total. The summed E-state index contributed by atoms with van der Waals surface area (Å²) >= 11 is 0. The van der Waals surface area contributed by atoms with Gasteiger partial charge in [0.25, 0.3) is 5.91 Å². The van der Waals surface area contributed by atoms with Gasteiger partial charge in [-0.05, 0) is 44.6 Å². The molecule has 3 heterocycles. The molecular formula is C18H27N5O2. The zero-order chi connectivity index (χ0) is 18.2. The number of piperidine rings is 1. The van der Waals surface area contributed by atoms with Crippen LogP contribution >= 0.6 is 0 Å². The highest BCUT2D eigenvalue weighted by molar-refractivity contribution is 5.93. The van der Waals surface area contributed by atoms with E-state index in [0.717, 1.165) is 41.9 Å². The molecule has 25 heavy (non-hydrogen) atoms. The fraction of sp³-hybridized carbons (Fsp3) is 0.611. The maximum absolute atomic E-state index is 12.8. The molecule has 1 amide bonds. The number of carbonyl (C=O) groups excluding carboxylic acids is 1. The van der Waals surface area contributed by atoms with E-state index in [4.69, 9.17) is 0 Å². The summed E-state index contributed by atoms with van der Waals surface area (Å²) in [5.74, 6) is -0.0272. The lowest BCUT2D eigenvalue weighted by atomic mass is 9.77. The second kappa shape index (κ2) is 6.63. The van der Waals surface area contributed by atoms with E-state index in [1.54, 1.807) is 0 Å². The number of amides is 1. The van der Waals surface area contributed by atoms with Crippen molar-refractivity contribution >= 4 is 5.91 Å². The molecule has 1 aliphatic rings. The van der Waals surface area contributed by atoms with Gasteiger partial charge in [0.1, 0.15) is 5.69 Å². The molecule has 3 rings (SSSR count). The van der Waals surface area contributed by atoms with Gasteiger partial charge in [-0.3, -0.25) is 14.6 Å². The number of aromatic amines is 1. The number of H-pyrrole nitrogens is 1. The van der Waals surface area contributed by atoms with Crippen LogP contribution < -0.4 is 0 Å². The molecule has 0 saturated carbocycles. The van der Waals surface area contributed by atoms with Crippen LogP contribution in [0, 0.1) is 19.3 Å². The highest BCUT2D eigenvalue weighted by Crippen LogP contribution is 2.34. The number of aliphatic hydroxyl groups is 1. The summed E-state index contributed by atoms with van der Waals surface area (Å²) in [6.45, 7) is 7.59. The largest absolute Gasteiger partial charge is 0.396 e. The lowest BCUT2D eigenvalue weighted by molar-refractivity contribution is 0.0334. The normalized spacial score (nSPS) is 17.1. The van der Waals surface area contributed by atoms with Gasteiger partial charge in [-0.15, -0.1) is 0 Å². The van der Waals surface area contributed by atoms with E-state index in [-0.39, 0.29) is 17.9 Å². The maximum atomic E-state index is 12.8. The number of aryl methyl sites for hydroxylation is 2. The van der Waals surface area contributed by atoms with E-state index in [9.17, 15) is 9.90 Å². The first-order valence-electron chi connectivity index (χ1n) is 8.87. The lowest BCUT2D eigenvalue weighted by Crippen LogP contribution is -2.44. The second-order valence-electron chi connectivity index (χ2n) is 7.14. The van der Waals surface area contributed by atoms with Gasteiger partial charge in [0.15, 0.2) is 0 Å². The lowest BCUT2D eigenvalue weighted by Gasteiger charge is -2.40. The summed E-state index contributed by atoms with van der Waals surface area (Å²) in [6, 6.07) is 1.81. The van der Waals surface area contributed by atoms with E-state index in [1.807, 2.05) is 36.5 Å². The molecule has 1 fully saturated rings. The Kier molecular flexibility index (Phi) is 4.69. The van der Waals surface area contributed by atoms with Crippen molar-refractivity contribution in [2.24, 2.45) is 12.5 Å². The van der Waals surface area contributed by atoms with Crippen molar-refractivity contribution in [1.82, 2.24) is 24.9 Å². The van der Waals surface area contributed by atoms with Crippen LogP contribution in [0.5, 0.6) is 0 Å². The van der Waals surface area contributed by atoms with Crippen LogP contribution in [0.4, 0.5) is 0 Å². The van der Waals surface area contributed by atoms with Crippen LogP contribution in [0.3, 0.4) is 0 Å². The van der Waals surface area contributed by atoms with E-state index >= 15 is 0 Å². The van der Waals surface area contributed by atoms with Crippen molar-refractivity contribution in [2.75, 3.05) is 19.7 Å². The average molecular weight is 345 g/mol. The van der Waals surface area contributed by atoms with Crippen molar-refractivity contribution < 1.29 is 9.90 Å². The van der Waals surface area contributed by atoms with Gasteiger partial charge in [0, 0.05) is 38.0 Å². The van der Waals surface area contributed by atoms with Gasteiger partial charge in [-0.25, -0.2) is 0 Å². The highest BCUT2D eigenvalue weighted by atomic mass is 16.3. The maximum Gasteiger partial charge on any atom is 0.271 e. The van der Waals surface area contributed by atoms with E-state index in [0.29, 0.717) is 18.8 Å². The van der Waals surface area contributed by atoms with Crippen molar-refractivity contribution in [3.8, 4) is 11.3 Å². The summed E-state index contributed by atoms with van der Waals surface area (Å²) in [5, 5.41) is 21.3. The van der Waals surface area contributed by atoms with Gasteiger partial charge in [-0.1, -0.05) is 6.92 Å². The zero-order valence-electron chi connectivity index (χ0n) is 15.5. The Morgan fingerprint density at radius 2 is 2.04 bits per heavy atom. The van der Waals surface area contributed by atoms with Crippen LogP contribution in [0.15, 0.2) is 6.07 Å². The molecule has 0 atom stereocenters. The molecule has 136 valence electrons. The minimum absolute atomic E-state index is 0.0272. The fourth-order valence-electron chi connectivity index (χ4n) is 3.68. The number of hydrogen-bond acceptors (Lipinski definition) is 4. The number of rotatable bonds is 4. The minimum atomic E-state index is -0.0279. The van der Waals surface area contributed by atoms with Crippen molar-refractivity contribution in [1.29, 1.82) is 0 Å². The van der Waals surface area contributed by atoms with E-state index in [1.165, 1.54) is 0 Å². The summed E-state index contributed by atoms with van der Waals surface area (Å²) in [5.41, 5.74) is 4.13. The Labute approximate surface area is 148 Å². The fourth-order valence-corrected chi connectivity index (χ4v) is 3.68. The van der Waals surface area contributed by atoms with Crippen molar-refractivity contribution in [3.05, 3.63) is 23.1 Å². The molecule has 1 aliphatic heterocycles. The molecule has 0 spiro atoms. The van der Waals surface area contributed by atoms with Gasteiger partial charge < -0.3 is 10.0 Å². The van der Waals surface area contributed by atoms with Gasteiger partial charge in [0.2, 0.25) is 0 Å². The smallest absolute Gasteiger partial charge is 0.271 e. The molecule has 0 unspecified atom stereocenters. The number of nitrogens with one attached hydrogen (secondary N) is 1. The molecule has 2 aromatic rings. The van der Waals surface area contributed by atoms with Crippen LogP contribution in [0.1, 0.15) is 48.1 Å². The number of carbonyl (C=O) groups is 1. The topological polar surface area (TPSA) is 87.0 Å². The van der Waals surface area contributed by atoms with Crippen LogP contribution in [-0.4, -0.2) is 55.6 Å². The Hall–Kier alpha value is -2.15. The zero-order valence-corrected chi connectivity index (χ0v) is 15.5. The van der Waals surface area contributed by atoms with Crippen LogP contribution in [-0.2, 0) is 7.05 Å². The second-order valence-corrected chi connectivity index (χ2v) is 7.14. The Morgan fingerprint density at radius 1 is 1.36 bits per heavy atom. The SMILES string of the molecule is CCC1(CO)CCN(C(=O)c2cc(-c3c(C)nn(C)c3C)n[nH]2)CC1. The number of aliphatic hydroxyl groups excluding tert-OH is 1. The Bertz CT molecular complexity index is 763. The molecule has 0 radical (unpaired) electrons. The molecule has 0 aromatic carbocycles. The van der Waals surface area contributed by atoms with Crippen molar-refractivity contribution in [2.45, 2.75) is 40.0 Å². The van der Waals surface area contributed by atoms with Gasteiger partial charge >= 0.3 is 0 Å². The molecule has 2 N–H and O–H groups in total. The predicted octanol–water partition coefficient (Wildman–Crippen LogP) is 2.05. The number of aromatic nitrogens is 4. The monoisotopic (exact) mass is 345 g/mol. The first-order chi connectivity index (χ1) is 11.9. The summed E-state index contributed by atoms with van der Waals surface area (Å²) < 4.78 is 1.82. The molecule has 2 aromatic heterocycles. The first kappa shape index (κ1) is 17.7.